The fourth-order valence-corrected chi connectivity index (χ4v) is 4.35. The second kappa shape index (κ2) is 7.59. The fraction of sp³-hybridized carbons (Fsp3) is 0.333. The first-order valence-electron chi connectivity index (χ1n) is 9.49. The van der Waals surface area contributed by atoms with Gasteiger partial charge >= 0.3 is 0 Å². The number of ketones is 1. The van der Waals surface area contributed by atoms with E-state index in [1.165, 1.54) is 0 Å². The Hall–Kier alpha value is -2.74. The molecule has 8 heteroatoms. The van der Waals surface area contributed by atoms with E-state index < -0.39 is 11.8 Å². The van der Waals surface area contributed by atoms with Gasteiger partial charge in [-0.1, -0.05) is 6.58 Å². The minimum absolute atomic E-state index is 0.0825. The second-order valence-electron chi connectivity index (χ2n) is 7.43. The molecule has 0 saturated carbocycles. The summed E-state index contributed by atoms with van der Waals surface area (Å²) in [5.74, 6) is -0.795. The van der Waals surface area contributed by atoms with Gasteiger partial charge in [0.2, 0.25) is 5.91 Å². The van der Waals surface area contributed by atoms with Crippen LogP contribution in [0.25, 0.3) is 0 Å². The molecule has 150 valence electrons. The Balaban J connectivity index is 1.78. The lowest BCUT2D eigenvalue weighted by atomic mass is 9.71. The summed E-state index contributed by atoms with van der Waals surface area (Å²) < 4.78 is 2.59. The van der Waals surface area contributed by atoms with Gasteiger partial charge in [0, 0.05) is 58.3 Å². The molecule has 2 aromatic heterocycles. The monoisotopic (exact) mass is 455 g/mol. The number of allylic oxidation sites excluding steroid dienone is 2. The maximum Gasteiger partial charge on any atom is 0.235 e. The maximum absolute atomic E-state index is 13.3. The summed E-state index contributed by atoms with van der Waals surface area (Å²) in [5, 5.41) is 10.5. The highest BCUT2D eigenvalue weighted by atomic mass is 79.9. The minimum atomic E-state index is -0.649. The van der Waals surface area contributed by atoms with Crippen LogP contribution in [0.5, 0.6) is 0 Å². The molecule has 4 rings (SSSR count). The standard InChI is InChI=1S/C21H22BrN5O2/c1-11-18(21(29)26-17-8-7-13(22)9-23-17)19(14-10-24-27(3)12(14)2)20-15(25-11)5-4-6-16(20)28/h7-10,18-19,25H,1,4-6H2,2-3H3,(H,23,26,29). The van der Waals surface area contributed by atoms with Crippen molar-refractivity contribution >= 4 is 33.4 Å². The summed E-state index contributed by atoms with van der Waals surface area (Å²) >= 11 is 3.34. The van der Waals surface area contributed by atoms with Gasteiger partial charge in [-0.3, -0.25) is 14.3 Å². The number of anilines is 1. The molecule has 1 aliphatic carbocycles. The van der Waals surface area contributed by atoms with Crippen molar-refractivity contribution in [2.45, 2.75) is 32.1 Å². The van der Waals surface area contributed by atoms with Crippen molar-refractivity contribution in [3.63, 3.8) is 0 Å². The summed E-state index contributed by atoms with van der Waals surface area (Å²) in [7, 11) is 1.85. The van der Waals surface area contributed by atoms with Crippen molar-refractivity contribution < 1.29 is 9.59 Å². The second-order valence-corrected chi connectivity index (χ2v) is 8.35. The van der Waals surface area contributed by atoms with Gasteiger partial charge in [0.25, 0.3) is 0 Å². The summed E-state index contributed by atoms with van der Waals surface area (Å²) in [4.78, 5) is 30.4. The number of aromatic nitrogens is 3. The Kier molecular flexibility index (Phi) is 5.12. The molecule has 0 saturated heterocycles. The molecule has 1 aliphatic heterocycles. The van der Waals surface area contributed by atoms with Gasteiger partial charge in [0.05, 0.1) is 12.1 Å². The molecule has 2 aromatic rings. The zero-order valence-electron chi connectivity index (χ0n) is 16.3. The Bertz CT molecular complexity index is 1040. The van der Waals surface area contributed by atoms with Gasteiger partial charge in [-0.2, -0.15) is 5.10 Å². The quantitative estimate of drug-likeness (QED) is 0.740. The van der Waals surface area contributed by atoms with E-state index in [4.69, 9.17) is 0 Å². The summed E-state index contributed by atoms with van der Waals surface area (Å²) in [5.41, 5.74) is 3.95. The predicted octanol–water partition coefficient (Wildman–Crippen LogP) is 3.35. The Morgan fingerprint density at radius 2 is 2.14 bits per heavy atom. The molecule has 0 aromatic carbocycles. The molecule has 29 heavy (non-hydrogen) atoms. The van der Waals surface area contributed by atoms with Crippen molar-refractivity contribution in [1.29, 1.82) is 0 Å². The van der Waals surface area contributed by atoms with Crippen molar-refractivity contribution in [3.05, 3.63) is 63.8 Å². The van der Waals surface area contributed by atoms with Crippen LogP contribution in [0.1, 0.15) is 36.4 Å². The van der Waals surface area contributed by atoms with Crippen LogP contribution in [0.15, 0.2) is 52.5 Å². The SMILES string of the molecule is C=C1NC2=C(C(=O)CCC2)C(c2cnn(C)c2C)C1C(=O)Nc1ccc(Br)cn1. The van der Waals surface area contributed by atoms with Crippen molar-refractivity contribution in [3.8, 4) is 0 Å². The zero-order chi connectivity index (χ0) is 20.7. The first-order valence-corrected chi connectivity index (χ1v) is 10.3. The molecule has 1 amide bonds. The number of carbonyl (C=O) groups excluding carboxylic acids is 2. The lowest BCUT2D eigenvalue weighted by molar-refractivity contribution is -0.120. The summed E-state index contributed by atoms with van der Waals surface area (Å²) in [6.45, 7) is 6.08. The van der Waals surface area contributed by atoms with Crippen LogP contribution in [0.2, 0.25) is 0 Å². The fourth-order valence-electron chi connectivity index (χ4n) is 4.11. The third-order valence-corrected chi connectivity index (χ3v) is 6.13. The van der Waals surface area contributed by atoms with Crippen LogP contribution in [0, 0.1) is 12.8 Å². The van der Waals surface area contributed by atoms with Crippen LogP contribution >= 0.6 is 15.9 Å². The van der Waals surface area contributed by atoms with E-state index in [9.17, 15) is 9.59 Å². The first-order chi connectivity index (χ1) is 13.9. The smallest absolute Gasteiger partial charge is 0.235 e. The molecule has 7 nitrogen and oxygen atoms in total. The van der Waals surface area contributed by atoms with Crippen LogP contribution in [-0.2, 0) is 16.6 Å². The number of amides is 1. The van der Waals surface area contributed by atoms with E-state index in [2.05, 4.69) is 43.2 Å². The maximum atomic E-state index is 13.3. The molecular weight excluding hydrogens is 434 g/mol. The topological polar surface area (TPSA) is 88.9 Å². The molecule has 2 atom stereocenters. The van der Waals surface area contributed by atoms with Gasteiger partial charge in [0.15, 0.2) is 5.78 Å². The van der Waals surface area contributed by atoms with Gasteiger partial charge in [0.1, 0.15) is 5.82 Å². The van der Waals surface area contributed by atoms with E-state index in [1.807, 2.05) is 20.0 Å². The van der Waals surface area contributed by atoms with Gasteiger partial charge in [-0.05, 0) is 47.8 Å². The molecule has 0 fully saturated rings. The number of nitrogens with one attached hydrogen (secondary N) is 2. The number of hydrogen-bond acceptors (Lipinski definition) is 5. The highest BCUT2D eigenvalue weighted by Gasteiger charge is 2.44. The number of rotatable bonds is 3. The van der Waals surface area contributed by atoms with Crippen LogP contribution in [-0.4, -0.2) is 26.5 Å². The molecule has 0 bridgehead atoms. The third kappa shape index (κ3) is 3.53. The van der Waals surface area contributed by atoms with Crippen molar-refractivity contribution in [1.82, 2.24) is 20.1 Å². The Labute approximate surface area is 177 Å². The number of hydrogen-bond donors (Lipinski definition) is 2. The van der Waals surface area contributed by atoms with E-state index >= 15 is 0 Å². The molecule has 3 heterocycles. The number of carbonyl (C=O) groups is 2. The normalized spacial score (nSPS) is 21.6. The number of aryl methyl sites for hydroxylation is 1. The highest BCUT2D eigenvalue weighted by Crippen LogP contribution is 2.45. The van der Waals surface area contributed by atoms with E-state index in [1.54, 1.807) is 23.1 Å². The molecular formula is C21H22BrN5O2. The number of pyridine rings is 1. The molecule has 2 unspecified atom stereocenters. The summed E-state index contributed by atoms with van der Waals surface area (Å²) in [6.07, 6.45) is 5.45. The molecule has 2 aliphatic rings. The molecule has 0 radical (unpaired) electrons. The van der Waals surface area contributed by atoms with Gasteiger partial charge in [-0.15, -0.1) is 0 Å². The van der Waals surface area contributed by atoms with Crippen LogP contribution < -0.4 is 10.6 Å². The number of nitrogens with zero attached hydrogens (tertiary/aromatic N) is 3. The Morgan fingerprint density at radius 1 is 1.34 bits per heavy atom. The lowest BCUT2D eigenvalue weighted by Crippen LogP contribution is -2.42. The van der Waals surface area contributed by atoms with Crippen molar-refractivity contribution in [2.24, 2.45) is 13.0 Å². The average molecular weight is 456 g/mol. The molecule has 0 spiro atoms. The Morgan fingerprint density at radius 3 is 2.79 bits per heavy atom. The number of halogens is 1. The van der Waals surface area contributed by atoms with Crippen LogP contribution in [0.3, 0.4) is 0 Å². The number of Topliss-reactive ketones (excluding diaryl/α,β-unsaturated/α-hetero) is 1. The average Bonchev–Trinajstić information content (AvgIpc) is 3.01. The predicted molar refractivity (Wildman–Crippen MR) is 113 cm³/mol. The lowest BCUT2D eigenvalue weighted by Gasteiger charge is -2.38. The third-order valence-electron chi connectivity index (χ3n) is 5.66. The van der Waals surface area contributed by atoms with Crippen molar-refractivity contribution in [2.75, 3.05) is 5.32 Å². The van der Waals surface area contributed by atoms with E-state index in [-0.39, 0.29) is 11.7 Å². The largest absolute Gasteiger partial charge is 0.362 e. The first kappa shape index (κ1) is 19.6. The highest BCUT2D eigenvalue weighted by molar-refractivity contribution is 9.10. The molecule has 2 N–H and O–H groups in total. The van der Waals surface area contributed by atoms with Gasteiger partial charge in [-0.25, -0.2) is 4.98 Å². The van der Waals surface area contributed by atoms with E-state index in [0.29, 0.717) is 23.5 Å². The van der Waals surface area contributed by atoms with Crippen LogP contribution in [0.4, 0.5) is 5.82 Å². The minimum Gasteiger partial charge on any atom is -0.362 e. The zero-order valence-corrected chi connectivity index (χ0v) is 17.9. The summed E-state index contributed by atoms with van der Waals surface area (Å²) in [6, 6.07) is 3.53. The van der Waals surface area contributed by atoms with Gasteiger partial charge < -0.3 is 10.6 Å². The van der Waals surface area contributed by atoms with E-state index in [0.717, 1.165) is 34.3 Å².